The van der Waals surface area contributed by atoms with Crippen LogP contribution >= 0.6 is 0 Å². The summed E-state index contributed by atoms with van der Waals surface area (Å²) in [5, 5.41) is 3.18. The molecule has 1 heteroatoms. The standard InChI is InChI=1S/C4H9N/c1-2-4-3-5-4/h4-5H,2-3H2,1H3. The summed E-state index contributed by atoms with van der Waals surface area (Å²) < 4.78 is 0. The number of rotatable bonds is 1. The van der Waals surface area contributed by atoms with Crippen LogP contribution in [0.25, 0.3) is 0 Å². The van der Waals surface area contributed by atoms with Gasteiger partial charge in [0.25, 0.3) is 0 Å². The molecule has 1 fully saturated rings. The molecule has 0 bridgehead atoms. The lowest BCUT2D eigenvalue weighted by Gasteiger charge is -1.71. The Hall–Kier alpha value is -0.0400. The van der Waals surface area contributed by atoms with Crippen LogP contribution in [0.1, 0.15) is 13.3 Å². The molecule has 0 spiro atoms. The molecule has 1 nitrogen and oxygen atoms in total. The normalized spacial score (nSPS) is 34.2. The molecule has 1 heterocycles. The molecule has 0 amide bonds. The molecule has 5 heavy (non-hydrogen) atoms. The fourth-order valence-corrected chi connectivity index (χ4v) is 0.372. The zero-order valence-corrected chi connectivity index (χ0v) is 3.49. The summed E-state index contributed by atoms with van der Waals surface area (Å²) in [6.07, 6.45) is 1.31. The van der Waals surface area contributed by atoms with Gasteiger partial charge in [-0.1, -0.05) is 6.92 Å². The average Bonchev–Trinajstić information content (AvgIpc) is 2.12. The second-order valence-corrected chi connectivity index (χ2v) is 1.51. The largest absolute Gasteiger partial charge is 0.311 e. The van der Waals surface area contributed by atoms with Gasteiger partial charge in [-0.2, -0.15) is 0 Å². The summed E-state index contributed by atoms with van der Waals surface area (Å²) >= 11 is 0. The van der Waals surface area contributed by atoms with Crippen LogP contribution in [0.15, 0.2) is 0 Å². The number of hydrogen-bond donors (Lipinski definition) is 1. The quantitative estimate of drug-likeness (QED) is 0.443. The van der Waals surface area contributed by atoms with Crippen molar-refractivity contribution in [1.82, 2.24) is 5.32 Å². The van der Waals surface area contributed by atoms with Crippen molar-refractivity contribution in [2.45, 2.75) is 19.4 Å². The molecule has 0 aliphatic carbocycles. The van der Waals surface area contributed by atoms with Crippen LogP contribution in [-0.4, -0.2) is 12.6 Å². The highest BCUT2D eigenvalue weighted by molar-refractivity contribution is 4.80. The van der Waals surface area contributed by atoms with Gasteiger partial charge in [-0.15, -0.1) is 0 Å². The molecular formula is C4H9N. The van der Waals surface area contributed by atoms with Crippen LogP contribution in [0.5, 0.6) is 0 Å². The van der Waals surface area contributed by atoms with Crippen molar-refractivity contribution < 1.29 is 0 Å². The highest BCUT2D eigenvalue weighted by Crippen LogP contribution is 1.98. The number of nitrogens with one attached hydrogen (secondary N) is 1. The van der Waals surface area contributed by atoms with E-state index in [1.807, 2.05) is 0 Å². The Morgan fingerprint density at radius 2 is 2.60 bits per heavy atom. The lowest BCUT2D eigenvalue weighted by Crippen LogP contribution is -1.81. The van der Waals surface area contributed by atoms with Crippen LogP contribution in [0.2, 0.25) is 0 Å². The Kier molecular flexibility index (Phi) is 0.618. The van der Waals surface area contributed by atoms with E-state index in [4.69, 9.17) is 0 Å². The maximum atomic E-state index is 3.18. The van der Waals surface area contributed by atoms with Gasteiger partial charge < -0.3 is 5.32 Å². The fraction of sp³-hybridized carbons (Fsp3) is 1.00. The smallest absolute Gasteiger partial charge is 0.0190 e. The minimum Gasteiger partial charge on any atom is -0.311 e. The minimum absolute atomic E-state index is 0.884. The van der Waals surface area contributed by atoms with Gasteiger partial charge in [0, 0.05) is 12.6 Å². The predicted molar refractivity (Wildman–Crippen MR) is 22.1 cm³/mol. The molecule has 0 aromatic heterocycles. The van der Waals surface area contributed by atoms with Crippen LogP contribution in [0.4, 0.5) is 0 Å². The Balaban J connectivity index is 2.00. The van der Waals surface area contributed by atoms with Crippen molar-refractivity contribution in [1.29, 1.82) is 0 Å². The summed E-state index contributed by atoms with van der Waals surface area (Å²) in [5.41, 5.74) is 0. The van der Waals surface area contributed by atoms with Gasteiger partial charge in [-0.05, 0) is 6.42 Å². The molecule has 1 aliphatic rings. The topological polar surface area (TPSA) is 21.9 Å². The highest BCUT2D eigenvalue weighted by Gasteiger charge is 2.15. The Morgan fingerprint density at radius 3 is 2.60 bits per heavy atom. The van der Waals surface area contributed by atoms with E-state index < -0.39 is 0 Å². The maximum absolute atomic E-state index is 3.18. The Labute approximate surface area is 32.4 Å². The van der Waals surface area contributed by atoms with Gasteiger partial charge in [0.05, 0.1) is 0 Å². The first-order valence-corrected chi connectivity index (χ1v) is 2.17. The zero-order valence-electron chi connectivity index (χ0n) is 3.49. The van der Waals surface area contributed by atoms with Gasteiger partial charge in [0.2, 0.25) is 0 Å². The third-order valence-electron chi connectivity index (χ3n) is 0.986. The van der Waals surface area contributed by atoms with E-state index in [-0.39, 0.29) is 0 Å². The highest BCUT2D eigenvalue weighted by atomic mass is 15.1. The van der Waals surface area contributed by atoms with Crippen molar-refractivity contribution in [3.8, 4) is 0 Å². The molecule has 1 saturated heterocycles. The average molecular weight is 71.1 g/mol. The molecule has 0 radical (unpaired) electrons. The third kappa shape index (κ3) is 0.618. The molecule has 1 atom stereocenters. The molecule has 30 valence electrons. The summed E-state index contributed by atoms with van der Waals surface area (Å²) in [4.78, 5) is 0. The molecular weight excluding hydrogens is 62.1 g/mol. The number of hydrogen-bond acceptors (Lipinski definition) is 1. The second-order valence-electron chi connectivity index (χ2n) is 1.51. The van der Waals surface area contributed by atoms with E-state index in [1.165, 1.54) is 13.0 Å². The molecule has 1 aliphatic heterocycles. The van der Waals surface area contributed by atoms with E-state index >= 15 is 0 Å². The predicted octanol–water partition coefficient (Wildman–Crippen LogP) is 0.368. The van der Waals surface area contributed by atoms with E-state index in [0.717, 1.165) is 6.04 Å². The first-order chi connectivity index (χ1) is 2.43. The van der Waals surface area contributed by atoms with Gasteiger partial charge >= 0.3 is 0 Å². The van der Waals surface area contributed by atoms with Crippen molar-refractivity contribution in [3.05, 3.63) is 0 Å². The van der Waals surface area contributed by atoms with Gasteiger partial charge in [0.15, 0.2) is 0 Å². The van der Waals surface area contributed by atoms with E-state index in [0.29, 0.717) is 0 Å². The molecule has 0 aromatic rings. The lowest BCUT2D eigenvalue weighted by atomic mass is 10.4. The maximum Gasteiger partial charge on any atom is 0.0190 e. The van der Waals surface area contributed by atoms with Crippen LogP contribution in [0.3, 0.4) is 0 Å². The first kappa shape index (κ1) is 3.16. The SMILES string of the molecule is CCC1CN1. The molecule has 0 saturated carbocycles. The molecule has 1 N–H and O–H groups in total. The summed E-state index contributed by atoms with van der Waals surface area (Å²) in [6, 6.07) is 0.884. The van der Waals surface area contributed by atoms with E-state index in [9.17, 15) is 0 Å². The first-order valence-electron chi connectivity index (χ1n) is 2.17. The fourth-order valence-electron chi connectivity index (χ4n) is 0.372. The minimum atomic E-state index is 0.884. The monoisotopic (exact) mass is 71.1 g/mol. The van der Waals surface area contributed by atoms with Crippen molar-refractivity contribution >= 4 is 0 Å². The van der Waals surface area contributed by atoms with Crippen molar-refractivity contribution in [2.24, 2.45) is 0 Å². The van der Waals surface area contributed by atoms with Crippen molar-refractivity contribution in [2.75, 3.05) is 6.54 Å². The summed E-state index contributed by atoms with van der Waals surface area (Å²) in [6.45, 7) is 3.46. The summed E-state index contributed by atoms with van der Waals surface area (Å²) in [5.74, 6) is 0. The zero-order chi connectivity index (χ0) is 3.70. The van der Waals surface area contributed by atoms with Crippen LogP contribution < -0.4 is 5.32 Å². The van der Waals surface area contributed by atoms with Gasteiger partial charge in [-0.3, -0.25) is 0 Å². The third-order valence-corrected chi connectivity index (χ3v) is 0.986. The molecule has 1 unspecified atom stereocenters. The van der Waals surface area contributed by atoms with Crippen LogP contribution in [-0.2, 0) is 0 Å². The van der Waals surface area contributed by atoms with Gasteiger partial charge in [-0.25, -0.2) is 0 Å². The summed E-state index contributed by atoms with van der Waals surface area (Å²) in [7, 11) is 0. The van der Waals surface area contributed by atoms with Crippen molar-refractivity contribution in [3.63, 3.8) is 0 Å². The lowest BCUT2D eigenvalue weighted by molar-refractivity contribution is 0.894. The second kappa shape index (κ2) is 0.977. The Morgan fingerprint density at radius 1 is 2.00 bits per heavy atom. The van der Waals surface area contributed by atoms with E-state index in [2.05, 4.69) is 12.2 Å². The van der Waals surface area contributed by atoms with Crippen LogP contribution in [0, 0.1) is 0 Å². The molecule has 1 rings (SSSR count). The van der Waals surface area contributed by atoms with E-state index in [1.54, 1.807) is 0 Å². The Bertz CT molecular complexity index is 30.6. The molecule has 0 aromatic carbocycles. The van der Waals surface area contributed by atoms with Gasteiger partial charge in [0.1, 0.15) is 0 Å².